The van der Waals surface area contributed by atoms with E-state index in [1.54, 1.807) is 0 Å². The second kappa shape index (κ2) is 8.56. The normalized spacial score (nSPS) is 12.3. The van der Waals surface area contributed by atoms with E-state index in [9.17, 15) is 0 Å². The SMILES string of the molecule is Cc1cc2c3c(cc(C)cc3c1)-c1cc3c(cc1-2)c(-c1ccccc1)c1ccc2cccc4c(-c5ccccc5)cc3c1c24. The van der Waals surface area contributed by atoms with Crippen LogP contribution in [0.25, 0.3) is 98.4 Å². The van der Waals surface area contributed by atoms with Gasteiger partial charge < -0.3 is 0 Å². The molecule has 1 aliphatic carbocycles. The van der Waals surface area contributed by atoms with Crippen molar-refractivity contribution >= 4 is 53.9 Å². The van der Waals surface area contributed by atoms with E-state index in [4.69, 9.17) is 0 Å². The molecule has 0 radical (unpaired) electrons. The lowest BCUT2D eigenvalue weighted by atomic mass is 9.82. The maximum Gasteiger partial charge on any atom is -0.00137 e. The summed E-state index contributed by atoms with van der Waals surface area (Å²) in [5, 5.41) is 13.4. The maximum atomic E-state index is 2.52. The molecule has 0 bridgehead atoms. The van der Waals surface area contributed by atoms with Gasteiger partial charge in [-0.15, -0.1) is 0 Å². The van der Waals surface area contributed by atoms with Gasteiger partial charge in [-0.2, -0.15) is 0 Å². The Morgan fingerprint density at radius 1 is 0.318 bits per heavy atom. The van der Waals surface area contributed by atoms with Crippen LogP contribution < -0.4 is 0 Å². The van der Waals surface area contributed by atoms with Crippen molar-refractivity contribution in [2.75, 3.05) is 0 Å². The average molecular weight is 557 g/mol. The molecule has 0 aliphatic heterocycles. The molecule has 0 unspecified atom stereocenters. The van der Waals surface area contributed by atoms with E-state index in [0.29, 0.717) is 0 Å². The Bertz CT molecular complexity index is 2640. The molecule has 9 aromatic rings. The van der Waals surface area contributed by atoms with Gasteiger partial charge in [-0.1, -0.05) is 115 Å². The van der Waals surface area contributed by atoms with Gasteiger partial charge in [0, 0.05) is 0 Å². The number of benzene rings is 9. The summed E-state index contributed by atoms with van der Waals surface area (Å²) >= 11 is 0. The summed E-state index contributed by atoms with van der Waals surface area (Å²) in [6.07, 6.45) is 0. The van der Waals surface area contributed by atoms with Crippen molar-refractivity contribution in [3.63, 3.8) is 0 Å². The van der Waals surface area contributed by atoms with E-state index in [1.165, 1.54) is 109 Å². The van der Waals surface area contributed by atoms with Crippen LogP contribution in [0, 0.1) is 13.8 Å². The van der Waals surface area contributed by atoms with Gasteiger partial charge >= 0.3 is 0 Å². The molecule has 10 rings (SSSR count). The van der Waals surface area contributed by atoms with Crippen molar-refractivity contribution in [2.24, 2.45) is 0 Å². The molecular weight excluding hydrogens is 528 g/mol. The van der Waals surface area contributed by atoms with Gasteiger partial charge in [0.05, 0.1) is 0 Å². The molecule has 0 amide bonds. The van der Waals surface area contributed by atoms with Crippen molar-refractivity contribution in [3.8, 4) is 44.5 Å². The van der Waals surface area contributed by atoms with Gasteiger partial charge in [-0.25, -0.2) is 0 Å². The lowest BCUT2D eigenvalue weighted by Crippen LogP contribution is -1.93. The van der Waals surface area contributed by atoms with Crippen LogP contribution in [0.1, 0.15) is 11.1 Å². The molecule has 1 aliphatic rings. The highest BCUT2D eigenvalue weighted by molar-refractivity contribution is 6.36. The third-order valence-electron chi connectivity index (χ3n) is 9.95. The summed E-state index contributed by atoms with van der Waals surface area (Å²) in [5.74, 6) is 0. The first-order valence-electron chi connectivity index (χ1n) is 15.5. The minimum absolute atomic E-state index is 1.26. The van der Waals surface area contributed by atoms with Crippen LogP contribution in [0.3, 0.4) is 0 Å². The topological polar surface area (TPSA) is 0 Å². The predicted octanol–water partition coefficient (Wildman–Crippen LogP) is 12.5. The highest BCUT2D eigenvalue weighted by Gasteiger charge is 2.26. The van der Waals surface area contributed by atoms with E-state index in [-0.39, 0.29) is 0 Å². The Hall–Kier alpha value is -5.46. The van der Waals surface area contributed by atoms with Crippen LogP contribution in [0.4, 0.5) is 0 Å². The molecular formula is C44H28. The Morgan fingerprint density at radius 2 is 0.955 bits per heavy atom. The van der Waals surface area contributed by atoms with Crippen LogP contribution in [-0.2, 0) is 0 Å². The minimum Gasteiger partial charge on any atom is -0.0622 e. The fraction of sp³-hybridized carbons (Fsp3) is 0.0455. The molecule has 0 heterocycles. The predicted molar refractivity (Wildman–Crippen MR) is 190 cm³/mol. The van der Waals surface area contributed by atoms with E-state index >= 15 is 0 Å². The second-order valence-electron chi connectivity index (χ2n) is 12.6. The van der Waals surface area contributed by atoms with Crippen LogP contribution in [0.5, 0.6) is 0 Å². The van der Waals surface area contributed by atoms with Crippen molar-refractivity contribution in [2.45, 2.75) is 13.8 Å². The number of rotatable bonds is 2. The molecule has 0 fully saturated rings. The molecule has 0 nitrogen and oxygen atoms in total. The standard InChI is InChI=1S/C44H28/c1-25-18-30-19-26(2)21-38-35-24-39-36(23-34(35)37(20-25)42(30)38)40-22-33(27-10-5-3-6-11-27)31-15-9-14-29-16-17-32(44(40)43(29)31)41(39)28-12-7-4-8-13-28/h3-24H,1-2H3. The number of hydrogen-bond donors (Lipinski definition) is 0. The van der Waals surface area contributed by atoms with Gasteiger partial charge in [0.15, 0.2) is 0 Å². The Kier molecular flexibility index (Phi) is 4.67. The van der Waals surface area contributed by atoms with E-state index in [0.717, 1.165) is 0 Å². The Labute approximate surface area is 256 Å². The van der Waals surface area contributed by atoms with Gasteiger partial charge in [0.2, 0.25) is 0 Å². The average Bonchev–Trinajstić information content (AvgIpc) is 3.35. The van der Waals surface area contributed by atoms with Crippen LogP contribution >= 0.6 is 0 Å². The van der Waals surface area contributed by atoms with Crippen molar-refractivity contribution in [1.82, 2.24) is 0 Å². The first-order valence-corrected chi connectivity index (χ1v) is 15.5. The first-order chi connectivity index (χ1) is 21.6. The minimum atomic E-state index is 1.26. The van der Waals surface area contributed by atoms with E-state index in [2.05, 4.69) is 147 Å². The zero-order valence-electron chi connectivity index (χ0n) is 24.7. The fourth-order valence-electron chi connectivity index (χ4n) is 8.23. The number of aryl methyl sites for hydroxylation is 2. The highest BCUT2D eigenvalue weighted by Crippen LogP contribution is 2.53. The molecule has 204 valence electrons. The fourth-order valence-corrected chi connectivity index (χ4v) is 8.23. The van der Waals surface area contributed by atoms with Gasteiger partial charge in [0.1, 0.15) is 0 Å². The van der Waals surface area contributed by atoms with E-state index < -0.39 is 0 Å². The van der Waals surface area contributed by atoms with Crippen molar-refractivity contribution < 1.29 is 0 Å². The lowest BCUT2D eigenvalue weighted by molar-refractivity contribution is 1.48. The summed E-state index contributed by atoms with van der Waals surface area (Å²) in [4.78, 5) is 0. The van der Waals surface area contributed by atoms with Crippen LogP contribution in [-0.4, -0.2) is 0 Å². The smallest absolute Gasteiger partial charge is 0.00137 e. The first kappa shape index (κ1) is 24.0. The van der Waals surface area contributed by atoms with Crippen LogP contribution in [0.15, 0.2) is 133 Å². The largest absolute Gasteiger partial charge is 0.0622 e. The zero-order chi connectivity index (χ0) is 29.1. The molecule has 0 N–H and O–H groups in total. The maximum absolute atomic E-state index is 2.52. The molecule has 0 aromatic heterocycles. The lowest BCUT2D eigenvalue weighted by Gasteiger charge is -2.21. The number of fused-ring (bicyclic) bond motifs is 5. The summed E-state index contributed by atoms with van der Waals surface area (Å²) in [5.41, 5.74) is 13.2. The number of hydrogen-bond acceptors (Lipinski definition) is 0. The van der Waals surface area contributed by atoms with Crippen molar-refractivity contribution in [1.29, 1.82) is 0 Å². The molecule has 0 spiro atoms. The Morgan fingerprint density at radius 3 is 1.66 bits per heavy atom. The monoisotopic (exact) mass is 556 g/mol. The third kappa shape index (κ3) is 3.12. The summed E-state index contributed by atoms with van der Waals surface area (Å²) in [6, 6.07) is 50.3. The van der Waals surface area contributed by atoms with Gasteiger partial charge in [-0.05, 0) is 142 Å². The third-order valence-corrected chi connectivity index (χ3v) is 9.95. The second-order valence-corrected chi connectivity index (χ2v) is 12.6. The molecule has 0 atom stereocenters. The van der Waals surface area contributed by atoms with E-state index in [1.807, 2.05) is 0 Å². The Balaban J connectivity index is 1.46. The molecule has 0 saturated heterocycles. The molecule has 0 saturated carbocycles. The molecule has 9 aromatic carbocycles. The summed E-state index contributed by atoms with van der Waals surface area (Å²) in [7, 11) is 0. The van der Waals surface area contributed by atoms with Crippen molar-refractivity contribution in [3.05, 3.63) is 145 Å². The molecule has 44 heavy (non-hydrogen) atoms. The van der Waals surface area contributed by atoms with Crippen LogP contribution in [0.2, 0.25) is 0 Å². The summed E-state index contributed by atoms with van der Waals surface area (Å²) < 4.78 is 0. The highest BCUT2D eigenvalue weighted by atomic mass is 14.3. The molecule has 0 heteroatoms. The van der Waals surface area contributed by atoms with Gasteiger partial charge in [-0.3, -0.25) is 0 Å². The zero-order valence-corrected chi connectivity index (χ0v) is 24.7. The van der Waals surface area contributed by atoms with Gasteiger partial charge in [0.25, 0.3) is 0 Å². The quantitative estimate of drug-likeness (QED) is 0.147. The summed E-state index contributed by atoms with van der Waals surface area (Å²) in [6.45, 7) is 4.45.